The van der Waals surface area contributed by atoms with E-state index in [0.717, 1.165) is 29.0 Å². The van der Waals surface area contributed by atoms with Crippen LogP contribution in [0.15, 0.2) is 22.7 Å². The van der Waals surface area contributed by atoms with Crippen LogP contribution in [0.2, 0.25) is 10.0 Å². The van der Waals surface area contributed by atoms with Gasteiger partial charge in [-0.2, -0.15) is 0 Å². The number of aromatic nitrogens is 2. The second-order valence-electron chi connectivity index (χ2n) is 4.87. The molecule has 1 aliphatic rings. The lowest BCUT2D eigenvalue weighted by molar-refractivity contribution is 0.932. The third-order valence-electron chi connectivity index (χ3n) is 3.24. The highest BCUT2D eigenvalue weighted by Gasteiger charge is 2.27. The number of nitrogens with one attached hydrogen (secondary N) is 2. The van der Waals surface area contributed by atoms with Crippen LogP contribution in [-0.2, 0) is 0 Å². The summed E-state index contributed by atoms with van der Waals surface area (Å²) >= 11 is 15.7. The lowest BCUT2D eigenvalue weighted by Crippen LogP contribution is -2.03. The van der Waals surface area contributed by atoms with Gasteiger partial charge in [0.2, 0.25) is 0 Å². The molecule has 0 atom stereocenters. The minimum absolute atomic E-state index is 0.462. The Morgan fingerprint density at radius 1 is 1.14 bits per heavy atom. The Hall–Kier alpha value is -1.04. The van der Waals surface area contributed by atoms with Crippen LogP contribution in [0.25, 0.3) is 0 Å². The van der Waals surface area contributed by atoms with Crippen molar-refractivity contribution in [2.24, 2.45) is 0 Å². The van der Waals surface area contributed by atoms with E-state index in [4.69, 9.17) is 23.2 Å². The van der Waals surface area contributed by atoms with Gasteiger partial charge in [0.15, 0.2) is 0 Å². The van der Waals surface area contributed by atoms with E-state index < -0.39 is 0 Å². The number of rotatable bonds is 4. The molecule has 0 amide bonds. The van der Waals surface area contributed by atoms with Crippen molar-refractivity contribution in [1.82, 2.24) is 9.97 Å². The Balaban J connectivity index is 1.94. The molecule has 7 heteroatoms. The standard InChI is InChI=1S/C14H13BrCl2N4/c1-18-10-6-11(21-14(20-10)7-2-3-7)19-9-5-4-8(15)12(16)13(9)17/h4-7H,2-3H2,1H3,(H2,18,19,20,21). The van der Waals surface area contributed by atoms with E-state index >= 15 is 0 Å². The normalized spacial score (nSPS) is 14.1. The maximum Gasteiger partial charge on any atom is 0.136 e. The van der Waals surface area contributed by atoms with Crippen molar-refractivity contribution < 1.29 is 0 Å². The number of hydrogen-bond donors (Lipinski definition) is 2. The van der Waals surface area contributed by atoms with E-state index in [2.05, 4.69) is 36.5 Å². The van der Waals surface area contributed by atoms with Gasteiger partial charge in [0.25, 0.3) is 0 Å². The first-order chi connectivity index (χ1) is 10.1. The SMILES string of the molecule is CNc1cc(Nc2ccc(Br)c(Cl)c2Cl)nc(C2CC2)n1. The molecule has 21 heavy (non-hydrogen) atoms. The van der Waals surface area contributed by atoms with Gasteiger partial charge in [0.1, 0.15) is 17.5 Å². The smallest absolute Gasteiger partial charge is 0.136 e. The molecule has 1 aromatic carbocycles. The van der Waals surface area contributed by atoms with Crippen molar-refractivity contribution >= 4 is 56.5 Å². The molecule has 0 saturated heterocycles. The maximum atomic E-state index is 6.25. The maximum absolute atomic E-state index is 6.25. The lowest BCUT2D eigenvalue weighted by atomic mass is 10.3. The van der Waals surface area contributed by atoms with Crippen molar-refractivity contribution in [2.45, 2.75) is 18.8 Å². The molecule has 0 spiro atoms. The molecule has 2 aromatic rings. The van der Waals surface area contributed by atoms with Crippen molar-refractivity contribution in [3.63, 3.8) is 0 Å². The van der Waals surface area contributed by atoms with Crippen LogP contribution in [-0.4, -0.2) is 17.0 Å². The van der Waals surface area contributed by atoms with Gasteiger partial charge in [-0.3, -0.25) is 0 Å². The summed E-state index contributed by atoms with van der Waals surface area (Å²) in [5, 5.41) is 7.20. The zero-order valence-corrected chi connectivity index (χ0v) is 14.3. The van der Waals surface area contributed by atoms with Gasteiger partial charge in [0.05, 0.1) is 15.7 Å². The second kappa shape index (κ2) is 5.99. The molecule has 1 saturated carbocycles. The number of anilines is 3. The summed E-state index contributed by atoms with van der Waals surface area (Å²) in [6, 6.07) is 5.55. The fourth-order valence-corrected chi connectivity index (χ4v) is 2.76. The summed E-state index contributed by atoms with van der Waals surface area (Å²) in [6.07, 6.45) is 2.30. The van der Waals surface area contributed by atoms with Crippen molar-refractivity contribution in [1.29, 1.82) is 0 Å². The molecule has 0 radical (unpaired) electrons. The van der Waals surface area contributed by atoms with Gasteiger partial charge < -0.3 is 10.6 Å². The Bertz CT molecular complexity index is 689. The lowest BCUT2D eigenvalue weighted by Gasteiger charge is -2.12. The molecule has 110 valence electrons. The van der Waals surface area contributed by atoms with Crippen molar-refractivity contribution in [3.05, 3.63) is 38.5 Å². The Labute approximate surface area is 141 Å². The first-order valence-corrected chi connectivity index (χ1v) is 8.10. The van der Waals surface area contributed by atoms with Gasteiger partial charge in [0, 0.05) is 23.5 Å². The molecule has 0 aliphatic heterocycles. The predicted molar refractivity (Wildman–Crippen MR) is 91.0 cm³/mol. The van der Waals surface area contributed by atoms with Gasteiger partial charge in [-0.25, -0.2) is 9.97 Å². The zero-order chi connectivity index (χ0) is 15.0. The van der Waals surface area contributed by atoms with Crippen LogP contribution in [0.3, 0.4) is 0 Å². The molecule has 0 unspecified atom stereocenters. The number of benzene rings is 1. The van der Waals surface area contributed by atoms with Crippen LogP contribution in [0.4, 0.5) is 17.3 Å². The van der Waals surface area contributed by atoms with E-state index in [-0.39, 0.29) is 0 Å². The summed E-state index contributed by atoms with van der Waals surface area (Å²) in [7, 11) is 1.84. The van der Waals surface area contributed by atoms with Gasteiger partial charge >= 0.3 is 0 Å². The van der Waals surface area contributed by atoms with Crippen LogP contribution < -0.4 is 10.6 Å². The average Bonchev–Trinajstić information content (AvgIpc) is 3.32. The third-order valence-corrected chi connectivity index (χ3v) is 5.01. The van der Waals surface area contributed by atoms with Gasteiger partial charge in [-0.05, 0) is 40.9 Å². The number of nitrogens with zero attached hydrogens (tertiary/aromatic N) is 2. The van der Waals surface area contributed by atoms with E-state index in [0.29, 0.717) is 27.5 Å². The molecule has 1 heterocycles. The van der Waals surface area contributed by atoms with Crippen LogP contribution in [0.1, 0.15) is 24.6 Å². The van der Waals surface area contributed by atoms with Crippen LogP contribution >= 0.6 is 39.1 Å². The molecule has 0 bridgehead atoms. The first kappa shape index (κ1) is 14.9. The topological polar surface area (TPSA) is 49.8 Å². The highest BCUT2D eigenvalue weighted by molar-refractivity contribution is 9.10. The minimum Gasteiger partial charge on any atom is -0.373 e. The number of halogens is 3. The van der Waals surface area contributed by atoms with Crippen molar-refractivity contribution in [3.8, 4) is 0 Å². The first-order valence-electron chi connectivity index (χ1n) is 6.55. The minimum atomic E-state index is 0.462. The molecule has 1 aromatic heterocycles. The molecule has 3 rings (SSSR count). The largest absolute Gasteiger partial charge is 0.373 e. The van der Waals surface area contributed by atoms with Crippen LogP contribution in [0.5, 0.6) is 0 Å². The molecule has 1 fully saturated rings. The van der Waals surface area contributed by atoms with Crippen LogP contribution in [0, 0.1) is 0 Å². The summed E-state index contributed by atoms with van der Waals surface area (Å²) in [4.78, 5) is 9.04. The molecule has 2 N–H and O–H groups in total. The summed E-state index contributed by atoms with van der Waals surface area (Å²) in [5.74, 6) is 2.83. The van der Waals surface area contributed by atoms with E-state index in [1.165, 1.54) is 0 Å². The molecular formula is C14H13BrCl2N4. The van der Waals surface area contributed by atoms with E-state index in [1.807, 2.05) is 25.2 Å². The van der Waals surface area contributed by atoms with E-state index in [1.54, 1.807) is 0 Å². The second-order valence-corrected chi connectivity index (χ2v) is 6.48. The number of hydrogen-bond acceptors (Lipinski definition) is 4. The van der Waals surface area contributed by atoms with Gasteiger partial charge in [-0.15, -0.1) is 0 Å². The molecule has 4 nitrogen and oxygen atoms in total. The van der Waals surface area contributed by atoms with Crippen molar-refractivity contribution in [2.75, 3.05) is 17.7 Å². The average molecular weight is 388 g/mol. The van der Waals surface area contributed by atoms with E-state index in [9.17, 15) is 0 Å². The fraction of sp³-hybridized carbons (Fsp3) is 0.286. The summed E-state index contributed by atoms with van der Waals surface area (Å²) in [6.45, 7) is 0. The highest BCUT2D eigenvalue weighted by atomic mass is 79.9. The Kier molecular flexibility index (Phi) is 4.24. The third kappa shape index (κ3) is 3.25. The monoisotopic (exact) mass is 386 g/mol. The van der Waals surface area contributed by atoms with Gasteiger partial charge in [-0.1, -0.05) is 23.2 Å². The fourth-order valence-electron chi connectivity index (χ4n) is 1.94. The highest BCUT2D eigenvalue weighted by Crippen LogP contribution is 2.40. The zero-order valence-electron chi connectivity index (χ0n) is 11.3. The molecular weight excluding hydrogens is 375 g/mol. The molecule has 1 aliphatic carbocycles. The Morgan fingerprint density at radius 3 is 2.52 bits per heavy atom. The predicted octanol–water partition coefficient (Wildman–Crippen LogP) is 5.21. The quantitative estimate of drug-likeness (QED) is 0.707. The summed E-state index contributed by atoms with van der Waals surface area (Å²) in [5.41, 5.74) is 0.715. The summed E-state index contributed by atoms with van der Waals surface area (Å²) < 4.78 is 0.761. The Morgan fingerprint density at radius 2 is 1.86 bits per heavy atom.